The summed E-state index contributed by atoms with van der Waals surface area (Å²) in [5.74, 6) is 3.27. The first kappa shape index (κ1) is 25.7. The predicted octanol–water partition coefficient (Wildman–Crippen LogP) is 5.95. The minimum atomic E-state index is -4.55. The number of aliphatic imine (C=N–C) groups is 1. The molecule has 2 N–H and O–H groups in total. The molecule has 0 aliphatic heterocycles. The second kappa shape index (κ2) is 9.59. The van der Waals surface area contributed by atoms with Crippen LogP contribution in [0.5, 0.6) is 0 Å². The number of halogens is 3. The molecule has 0 heterocycles. The number of fused-ring (bicyclic) bond motifs is 5. The maximum atomic E-state index is 13.1. The summed E-state index contributed by atoms with van der Waals surface area (Å²) in [5, 5.41) is 0. The number of carbonyl (C=O) groups excluding carboxylic acids is 1. The highest BCUT2D eigenvalue weighted by atomic mass is 19.4. The summed E-state index contributed by atoms with van der Waals surface area (Å²) in [6.45, 7) is 5.49. The van der Waals surface area contributed by atoms with E-state index in [-0.39, 0.29) is 23.7 Å². The van der Waals surface area contributed by atoms with Crippen LogP contribution in [0, 0.1) is 46.3 Å². The highest BCUT2D eigenvalue weighted by Gasteiger charge is 2.61. The molecule has 192 valence electrons. The van der Waals surface area contributed by atoms with Gasteiger partial charge in [-0.05, 0) is 98.2 Å². The molecule has 34 heavy (non-hydrogen) atoms. The Balaban J connectivity index is 1.43. The third kappa shape index (κ3) is 4.46. The van der Waals surface area contributed by atoms with E-state index in [0.717, 1.165) is 37.7 Å². The van der Waals surface area contributed by atoms with Gasteiger partial charge in [0.25, 0.3) is 0 Å². The Labute approximate surface area is 202 Å². The number of carbonyl (C=O) groups is 1. The Morgan fingerprint density at radius 1 is 1.06 bits per heavy atom. The molecular weight excluding hydrogens is 441 g/mol. The zero-order chi connectivity index (χ0) is 24.7. The van der Waals surface area contributed by atoms with Crippen molar-refractivity contribution in [3.63, 3.8) is 0 Å². The number of rotatable bonds is 6. The van der Waals surface area contributed by atoms with Crippen LogP contribution in [-0.4, -0.2) is 38.4 Å². The number of hydrogen-bond acceptors (Lipinski definition) is 4. The van der Waals surface area contributed by atoms with Gasteiger partial charge < -0.3 is 10.5 Å². The molecule has 0 saturated heterocycles. The normalized spacial score (nSPS) is 42.8. The molecule has 4 aliphatic carbocycles. The van der Waals surface area contributed by atoms with Gasteiger partial charge in [0.1, 0.15) is 0 Å². The third-order valence-corrected chi connectivity index (χ3v) is 10.5. The van der Waals surface area contributed by atoms with Crippen LogP contribution < -0.4 is 5.73 Å². The van der Waals surface area contributed by atoms with Crippen molar-refractivity contribution in [1.82, 2.24) is 0 Å². The molecule has 0 radical (unpaired) electrons. The molecule has 4 nitrogen and oxygen atoms in total. The second-order valence-electron chi connectivity index (χ2n) is 12.0. The van der Waals surface area contributed by atoms with Crippen molar-refractivity contribution in [3.8, 4) is 0 Å². The monoisotopic (exact) mass is 482 g/mol. The fourth-order valence-corrected chi connectivity index (χ4v) is 8.82. The summed E-state index contributed by atoms with van der Waals surface area (Å²) in [6, 6.07) is 0. The van der Waals surface area contributed by atoms with E-state index in [1.54, 1.807) is 7.11 Å². The van der Waals surface area contributed by atoms with Crippen LogP contribution in [0.1, 0.15) is 71.6 Å². The Kier molecular flexibility index (Phi) is 7.25. The van der Waals surface area contributed by atoms with E-state index in [1.165, 1.54) is 38.5 Å². The van der Waals surface area contributed by atoms with Crippen LogP contribution >= 0.6 is 0 Å². The number of hydrogen-bond donors (Lipinski definition) is 1. The lowest BCUT2D eigenvalue weighted by Crippen LogP contribution is -2.54. The zero-order valence-corrected chi connectivity index (χ0v) is 20.9. The van der Waals surface area contributed by atoms with Gasteiger partial charge in [-0.25, -0.2) is 0 Å². The molecule has 7 heteroatoms. The average Bonchev–Trinajstić information content (AvgIpc) is 3.13. The van der Waals surface area contributed by atoms with Gasteiger partial charge in [0.05, 0.1) is 12.1 Å². The van der Waals surface area contributed by atoms with E-state index in [9.17, 15) is 18.0 Å². The van der Waals surface area contributed by atoms with Crippen molar-refractivity contribution in [2.45, 2.75) is 77.8 Å². The summed E-state index contributed by atoms with van der Waals surface area (Å²) in [6.07, 6.45) is 7.10. The molecule has 8 unspecified atom stereocenters. The first-order valence-corrected chi connectivity index (χ1v) is 13.0. The molecule has 0 aromatic heterocycles. The van der Waals surface area contributed by atoms with Gasteiger partial charge in [0.15, 0.2) is 5.78 Å². The Morgan fingerprint density at radius 3 is 2.44 bits per heavy atom. The molecule has 4 aliphatic rings. The fraction of sp³-hybridized carbons (Fsp3) is 0.852. The molecule has 4 fully saturated rings. The number of ether oxygens (including phenoxy) is 1. The first-order chi connectivity index (χ1) is 16.0. The number of allylic oxidation sites excluding steroid dienone is 1. The van der Waals surface area contributed by atoms with E-state index in [0.29, 0.717) is 35.6 Å². The molecule has 8 atom stereocenters. The number of methoxy groups -OCH3 is 1. The second-order valence-corrected chi connectivity index (χ2v) is 12.0. The third-order valence-electron chi connectivity index (χ3n) is 10.5. The van der Waals surface area contributed by atoms with Gasteiger partial charge in [-0.2, -0.15) is 13.2 Å². The molecule has 0 aromatic carbocycles. The molecule has 4 rings (SSSR count). The van der Waals surface area contributed by atoms with Crippen LogP contribution in [0.15, 0.2) is 16.8 Å². The van der Waals surface area contributed by atoms with Crippen LogP contribution in [-0.2, 0) is 9.53 Å². The number of nitrogens with zero attached hydrogens (tertiary/aromatic N) is 1. The van der Waals surface area contributed by atoms with Crippen LogP contribution in [0.2, 0.25) is 0 Å². The molecule has 0 amide bonds. The van der Waals surface area contributed by atoms with Crippen LogP contribution in [0.3, 0.4) is 0 Å². The molecular formula is C27H41F3N2O2. The van der Waals surface area contributed by atoms with Crippen molar-refractivity contribution in [1.29, 1.82) is 0 Å². The minimum Gasteiger partial charge on any atom is -0.404 e. The summed E-state index contributed by atoms with van der Waals surface area (Å²) in [7, 11) is 1.81. The summed E-state index contributed by atoms with van der Waals surface area (Å²) < 4.78 is 44.1. The van der Waals surface area contributed by atoms with E-state index in [2.05, 4.69) is 18.8 Å². The SMILES string of the molecule is COCC1CCC2(C)C(CCC3C2CCC2(C)C(C(=O)CN=CC(=CN)C(F)(F)F)CCC32)C1. The number of alkyl halides is 3. The number of Topliss-reactive ketones (excluding diaryl/α,β-unsaturated/α-hetero) is 1. The highest BCUT2D eigenvalue weighted by Crippen LogP contribution is 2.67. The lowest BCUT2D eigenvalue weighted by molar-refractivity contribution is -0.136. The Bertz CT molecular complexity index is 825. The van der Waals surface area contributed by atoms with Crippen molar-refractivity contribution in [3.05, 3.63) is 11.8 Å². The molecule has 4 saturated carbocycles. The number of ketones is 1. The maximum absolute atomic E-state index is 13.1. The Morgan fingerprint density at radius 2 is 1.76 bits per heavy atom. The fourth-order valence-electron chi connectivity index (χ4n) is 8.82. The smallest absolute Gasteiger partial charge is 0.404 e. The zero-order valence-electron chi connectivity index (χ0n) is 20.9. The van der Waals surface area contributed by atoms with Gasteiger partial charge >= 0.3 is 6.18 Å². The van der Waals surface area contributed by atoms with E-state index >= 15 is 0 Å². The largest absolute Gasteiger partial charge is 0.419 e. The van der Waals surface area contributed by atoms with Gasteiger partial charge in [0.2, 0.25) is 0 Å². The lowest BCUT2D eigenvalue weighted by Gasteiger charge is -2.61. The predicted molar refractivity (Wildman–Crippen MR) is 127 cm³/mol. The van der Waals surface area contributed by atoms with Gasteiger partial charge in [0, 0.05) is 32.0 Å². The molecule has 0 bridgehead atoms. The summed E-state index contributed by atoms with van der Waals surface area (Å²) >= 11 is 0. The van der Waals surface area contributed by atoms with Crippen molar-refractivity contribution in [2.24, 2.45) is 57.1 Å². The molecule has 0 aromatic rings. The van der Waals surface area contributed by atoms with Gasteiger partial charge in [-0.3, -0.25) is 9.79 Å². The molecule has 0 spiro atoms. The summed E-state index contributed by atoms with van der Waals surface area (Å²) in [5.41, 5.74) is 4.41. The van der Waals surface area contributed by atoms with E-state index in [4.69, 9.17) is 10.5 Å². The first-order valence-electron chi connectivity index (χ1n) is 13.0. The van der Waals surface area contributed by atoms with Crippen molar-refractivity contribution < 1.29 is 22.7 Å². The lowest BCUT2D eigenvalue weighted by atomic mass is 9.44. The van der Waals surface area contributed by atoms with Crippen LogP contribution in [0.25, 0.3) is 0 Å². The standard InChI is InChI=1S/C27H41F3N2O2/c1-25-10-8-17(16-34-3)12-18(25)4-5-20-21-6-7-23(26(21,2)11-9-22(20)25)24(33)15-32-14-19(13-31)27(28,29)30/h13-14,17-18,20-23H,4-12,15-16,31H2,1-3H3. The Hall–Kier alpha value is -1.37. The number of nitrogens with two attached hydrogens (primary N) is 1. The quantitative estimate of drug-likeness (QED) is 0.476. The van der Waals surface area contributed by atoms with Crippen molar-refractivity contribution in [2.75, 3.05) is 20.3 Å². The van der Waals surface area contributed by atoms with Crippen molar-refractivity contribution >= 4 is 12.0 Å². The van der Waals surface area contributed by atoms with Crippen LogP contribution in [0.4, 0.5) is 13.2 Å². The van der Waals surface area contributed by atoms with Gasteiger partial charge in [-0.1, -0.05) is 13.8 Å². The van der Waals surface area contributed by atoms with E-state index < -0.39 is 11.7 Å². The van der Waals surface area contributed by atoms with E-state index in [1.807, 2.05) is 0 Å². The maximum Gasteiger partial charge on any atom is 0.419 e. The van der Waals surface area contributed by atoms with Gasteiger partial charge in [-0.15, -0.1) is 0 Å². The topological polar surface area (TPSA) is 64.7 Å². The minimum absolute atomic E-state index is 0.0155. The summed E-state index contributed by atoms with van der Waals surface area (Å²) in [4.78, 5) is 17.0. The highest BCUT2D eigenvalue weighted by molar-refractivity contribution is 5.87. The average molecular weight is 483 g/mol.